The molecule has 0 aromatic carbocycles. The van der Waals surface area contributed by atoms with Crippen molar-refractivity contribution in [2.24, 2.45) is 0 Å². The maximum atomic E-state index is 12.7. The lowest BCUT2D eigenvalue weighted by molar-refractivity contribution is 0.251. The van der Waals surface area contributed by atoms with E-state index >= 15 is 0 Å². The molecule has 0 fully saturated rings. The predicted octanol–water partition coefficient (Wildman–Crippen LogP) is 3.12. The Balaban J connectivity index is 1.84. The number of nitrogens with zero attached hydrogens (tertiary/aromatic N) is 2. The van der Waals surface area contributed by atoms with Gasteiger partial charge < -0.3 is 5.32 Å². The van der Waals surface area contributed by atoms with Crippen molar-refractivity contribution >= 4 is 23.2 Å². The molecule has 0 saturated heterocycles. The molecule has 0 atom stereocenters. The summed E-state index contributed by atoms with van der Waals surface area (Å²) in [6.45, 7) is 4.49. The van der Waals surface area contributed by atoms with Crippen molar-refractivity contribution in [2.45, 2.75) is 26.3 Å². The molecular weight excluding hydrogens is 279 g/mol. The molecular formula is C13H15FN4OS. The lowest BCUT2D eigenvalue weighted by Crippen LogP contribution is -2.28. The first-order chi connectivity index (χ1) is 9.54. The van der Waals surface area contributed by atoms with Crippen molar-refractivity contribution in [2.75, 3.05) is 5.32 Å². The zero-order chi connectivity index (χ0) is 14.5. The SMILES string of the molecule is CC(C)c1csc(CNC(=O)Nc2ccc(F)cn2)n1. The molecule has 0 aliphatic heterocycles. The second-order valence-electron chi connectivity index (χ2n) is 4.49. The Bertz CT molecular complexity index is 582. The molecule has 2 amide bonds. The monoisotopic (exact) mass is 294 g/mol. The Morgan fingerprint density at radius 2 is 2.25 bits per heavy atom. The quantitative estimate of drug-likeness (QED) is 0.910. The average molecular weight is 294 g/mol. The summed E-state index contributed by atoms with van der Waals surface area (Å²) in [6.07, 6.45) is 1.05. The van der Waals surface area contributed by atoms with E-state index in [9.17, 15) is 9.18 Å². The maximum Gasteiger partial charge on any atom is 0.320 e. The first kappa shape index (κ1) is 14.4. The van der Waals surface area contributed by atoms with Crippen LogP contribution in [0.1, 0.15) is 30.5 Å². The Morgan fingerprint density at radius 3 is 2.85 bits per heavy atom. The molecule has 2 aromatic heterocycles. The van der Waals surface area contributed by atoms with Gasteiger partial charge in [-0.15, -0.1) is 11.3 Å². The van der Waals surface area contributed by atoms with Gasteiger partial charge in [-0.3, -0.25) is 5.32 Å². The number of carbonyl (C=O) groups is 1. The van der Waals surface area contributed by atoms with Gasteiger partial charge in [0.2, 0.25) is 0 Å². The van der Waals surface area contributed by atoms with Crippen LogP contribution in [-0.4, -0.2) is 16.0 Å². The first-order valence-corrected chi connectivity index (χ1v) is 7.03. The van der Waals surface area contributed by atoms with E-state index in [1.165, 1.54) is 23.5 Å². The van der Waals surface area contributed by atoms with Crippen molar-refractivity contribution in [3.63, 3.8) is 0 Å². The number of anilines is 1. The van der Waals surface area contributed by atoms with Crippen LogP contribution in [0.25, 0.3) is 0 Å². The lowest BCUT2D eigenvalue weighted by Gasteiger charge is -2.05. The van der Waals surface area contributed by atoms with Gasteiger partial charge in [-0.05, 0) is 18.1 Å². The summed E-state index contributed by atoms with van der Waals surface area (Å²) in [5, 5.41) is 8.03. The first-order valence-electron chi connectivity index (χ1n) is 6.15. The summed E-state index contributed by atoms with van der Waals surface area (Å²) >= 11 is 1.51. The Hall–Kier alpha value is -2.02. The molecule has 0 saturated carbocycles. The van der Waals surface area contributed by atoms with Crippen LogP contribution >= 0.6 is 11.3 Å². The number of hydrogen-bond donors (Lipinski definition) is 2. The molecule has 0 aliphatic rings. The van der Waals surface area contributed by atoms with E-state index in [4.69, 9.17) is 0 Å². The standard InChI is InChI=1S/C13H15FN4OS/c1-8(2)10-7-20-12(17-10)6-16-13(19)18-11-4-3-9(14)5-15-11/h3-5,7-8H,6H2,1-2H3,(H2,15,16,18,19). The molecule has 2 aromatic rings. The van der Waals surface area contributed by atoms with Crippen molar-refractivity contribution in [3.8, 4) is 0 Å². The highest BCUT2D eigenvalue weighted by molar-refractivity contribution is 7.09. The van der Waals surface area contributed by atoms with E-state index in [1.54, 1.807) is 0 Å². The molecule has 2 rings (SSSR count). The Labute approximate surface area is 120 Å². The van der Waals surface area contributed by atoms with Crippen LogP contribution in [0.5, 0.6) is 0 Å². The van der Waals surface area contributed by atoms with Gasteiger partial charge in [0.15, 0.2) is 0 Å². The second kappa shape index (κ2) is 6.42. The van der Waals surface area contributed by atoms with E-state index < -0.39 is 11.8 Å². The molecule has 106 valence electrons. The summed E-state index contributed by atoms with van der Waals surface area (Å²) in [5.74, 6) is 0.225. The highest BCUT2D eigenvalue weighted by atomic mass is 32.1. The van der Waals surface area contributed by atoms with Crippen LogP contribution < -0.4 is 10.6 Å². The van der Waals surface area contributed by atoms with Crippen LogP contribution in [0.3, 0.4) is 0 Å². The summed E-state index contributed by atoms with van der Waals surface area (Å²) in [4.78, 5) is 19.8. The zero-order valence-electron chi connectivity index (χ0n) is 11.2. The van der Waals surface area contributed by atoms with Crippen LogP contribution in [0.15, 0.2) is 23.7 Å². The third kappa shape index (κ3) is 3.99. The minimum Gasteiger partial charge on any atom is -0.331 e. The number of thiazole rings is 1. The smallest absolute Gasteiger partial charge is 0.320 e. The topological polar surface area (TPSA) is 66.9 Å². The van der Waals surface area contributed by atoms with Gasteiger partial charge in [0.1, 0.15) is 16.6 Å². The van der Waals surface area contributed by atoms with Gasteiger partial charge in [-0.2, -0.15) is 0 Å². The van der Waals surface area contributed by atoms with Gasteiger partial charge in [0.25, 0.3) is 0 Å². The largest absolute Gasteiger partial charge is 0.331 e. The van der Waals surface area contributed by atoms with Gasteiger partial charge in [-0.25, -0.2) is 19.2 Å². The van der Waals surface area contributed by atoms with Crippen molar-refractivity contribution in [1.82, 2.24) is 15.3 Å². The third-order valence-electron chi connectivity index (χ3n) is 2.53. The van der Waals surface area contributed by atoms with Crippen LogP contribution in [0.2, 0.25) is 0 Å². The molecule has 2 N–H and O–H groups in total. The van der Waals surface area contributed by atoms with E-state index in [1.807, 2.05) is 5.38 Å². The highest BCUT2D eigenvalue weighted by Crippen LogP contribution is 2.17. The molecule has 5 nitrogen and oxygen atoms in total. The fourth-order valence-corrected chi connectivity index (χ4v) is 2.33. The number of hydrogen-bond acceptors (Lipinski definition) is 4. The van der Waals surface area contributed by atoms with E-state index in [-0.39, 0.29) is 0 Å². The number of urea groups is 1. The van der Waals surface area contributed by atoms with Crippen LogP contribution in [-0.2, 0) is 6.54 Å². The van der Waals surface area contributed by atoms with Crippen LogP contribution in [0, 0.1) is 5.82 Å². The number of aromatic nitrogens is 2. The van der Waals surface area contributed by atoms with Gasteiger partial charge in [-0.1, -0.05) is 13.8 Å². The number of halogens is 1. The summed E-state index contributed by atoms with van der Waals surface area (Å²) in [6, 6.07) is 2.23. The number of nitrogens with one attached hydrogen (secondary N) is 2. The number of pyridine rings is 1. The molecule has 0 unspecified atom stereocenters. The molecule has 0 radical (unpaired) electrons. The lowest BCUT2D eigenvalue weighted by atomic mass is 10.2. The molecule has 0 bridgehead atoms. The Kier molecular flexibility index (Phi) is 4.62. The van der Waals surface area contributed by atoms with Gasteiger partial charge in [0, 0.05) is 5.38 Å². The van der Waals surface area contributed by atoms with E-state index in [0.717, 1.165) is 16.9 Å². The predicted molar refractivity (Wildman–Crippen MR) is 76.3 cm³/mol. The van der Waals surface area contributed by atoms with Crippen molar-refractivity contribution < 1.29 is 9.18 Å². The molecule has 7 heteroatoms. The highest BCUT2D eigenvalue weighted by Gasteiger charge is 2.07. The third-order valence-corrected chi connectivity index (χ3v) is 3.40. The van der Waals surface area contributed by atoms with Crippen molar-refractivity contribution in [3.05, 3.63) is 40.2 Å². The summed E-state index contributed by atoms with van der Waals surface area (Å²) in [5.41, 5.74) is 1.02. The van der Waals surface area contributed by atoms with Gasteiger partial charge in [0.05, 0.1) is 18.4 Å². The maximum absolute atomic E-state index is 12.7. The second-order valence-corrected chi connectivity index (χ2v) is 5.43. The zero-order valence-corrected chi connectivity index (χ0v) is 12.0. The summed E-state index contributed by atoms with van der Waals surface area (Å²) in [7, 11) is 0. The number of amides is 2. The fourth-order valence-electron chi connectivity index (χ4n) is 1.44. The van der Waals surface area contributed by atoms with Gasteiger partial charge >= 0.3 is 6.03 Å². The number of carbonyl (C=O) groups excluding carboxylic acids is 1. The normalized spacial score (nSPS) is 10.6. The molecule has 2 heterocycles. The molecule has 0 spiro atoms. The molecule has 20 heavy (non-hydrogen) atoms. The molecule has 0 aliphatic carbocycles. The minimum atomic E-state index is -0.444. The van der Waals surface area contributed by atoms with E-state index in [0.29, 0.717) is 18.3 Å². The average Bonchev–Trinajstić information content (AvgIpc) is 2.88. The summed E-state index contributed by atoms with van der Waals surface area (Å²) < 4.78 is 12.7. The fraction of sp³-hybridized carbons (Fsp3) is 0.308. The van der Waals surface area contributed by atoms with Crippen LogP contribution in [0.4, 0.5) is 15.0 Å². The Morgan fingerprint density at radius 1 is 1.45 bits per heavy atom. The van der Waals surface area contributed by atoms with E-state index in [2.05, 4.69) is 34.4 Å². The minimum absolute atomic E-state index is 0.297. The number of rotatable bonds is 4. The van der Waals surface area contributed by atoms with Crippen molar-refractivity contribution in [1.29, 1.82) is 0 Å².